The van der Waals surface area contributed by atoms with E-state index in [9.17, 15) is 0 Å². The Bertz CT molecular complexity index is 5140. The molecule has 0 saturated carbocycles. The van der Waals surface area contributed by atoms with Crippen LogP contribution in [0.1, 0.15) is 27.8 Å². The van der Waals surface area contributed by atoms with E-state index in [4.69, 9.17) is 8.83 Å². The molecule has 17 rings (SSSR count). The number of rotatable bonds is 7. The zero-order valence-electron chi connectivity index (χ0n) is 46.0. The number of fused-ring (bicyclic) bond motifs is 23. The molecule has 0 saturated heterocycles. The standard InChI is InChI=1S/C77H54N2O2Si/c1-47-21-17-30-59-60-31-18-36-67(74(60)80-73(47)59)79(50-24-9-6-10-25-50)52-41-44-58-64(46-52)54-26-11-12-29-57(54)70-63-42-39-48-45-51(40-43-53(48)71(63)77(72(58)70)65-34-15-13-27-55(65)56-28-14-16-35-66(56)77)78(49-22-7-5-8-23-49)68-37-19-32-61-62-33-20-38-69(82(2,3)4)76(62)81-75(61)68/h5-46H,1-4H3. The van der Waals surface area contributed by atoms with Crippen molar-refractivity contribution in [2.75, 3.05) is 9.80 Å². The molecule has 0 fully saturated rings. The van der Waals surface area contributed by atoms with Crippen molar-refractivity contribution in [1.29, 1.82) is 0 Å². The Morgan fingerprint density at radius 1 is 0.329 bits per heavy atom. The summed E-state index contributed by atoms with van der Waals surface area (Å²) in [5.74, 6) is 0. The first-order valence-electron chi connectivity index (χ1n) is 28.6. The predicted molar refractivity (Wildman–Crippen MR) is 347 cm³/mol. The second-order valence-electron chi connectivity index (χ2n) is 23.5. The molecule has 0 amide bonds. The van der Waals surface area contributed by atoms with Crippen LogP contribution in [0.3, 0.4) is 0 Å². The van der Waals surface area contributed by atoms with Gasteiger partial charge in [0.2, 0.25) is 0 Å². The fraction of sp³-hybridized carbons (Fsp3) is 0.0649. The highest BCUT2D eigenvalue weighted by molar-refractivity contribution is 6.90. The highest BCUT2D eigenvalue weighted by Gasteiger charge is 2.54. The van der Waals surface area contributed by atoms with Gasteiger partial charge in [-0.15, -0.1) is 0 Å². The van der Waals surface area contributed by atoms with Crippen LogP contribution in [0.25, 0.3) is 98.4 Å². The van der Waals surface area contributed by atoms with Crippen molar-refractivity contribution >= 4 is 124 Å². The van der Waals surface area contributed by atoms with Gasteiger partial charge >= 0.3 is 0 Å². The summed E-state index contributed by atoms with van der Waals surface area (Å²) in [4.78, 5) is 4.78. The SMILES string of the molecule is Cc1cccc2c1oc1c(N(c3ccccc3)c3ccc4c5c(c6ccccc6c4c3)-c3ccc4cc(N(c6ccccc6)c6cccc7c6oc6c([Si](C)(C)C)cccc67)ccc4c3C53c4ccccc4-c4ccccc43)cccc12. The molecule has 1 spiro atoms. The Hall–Kier alpha value is -9.94. The minimum absolute atomic E-state index is 0.660. The lowest BCUT2D eigenvalue weighted by Gasteiger charge is -2.33. The quantitative estimate of drug-likeness (QED) is 0.118. The van der Waals surface area contributed by atoms with Crippen molar-refractivity contribution in [3.8, 4) is 22.3 Å². The second kappa shape index (κ2) is 17.3. The molecule has 388 valence electrons. The maximum absolute atomic E-state index is 7.13. The Kier molecular flexibility index (Phi) is 9.89. The Balaban J connectivity index is 0.928. The molecule has 13 aromatic carbocycles. The highest BCUT2D eigenvalue weighted by atomic mass is 28.3. The lowest BCUT2D eigenvalue weighted by atomic mass is 9.68. The van der Waals surface area contributed by atoms with Gasteiger partial charge in [0.1, 0.15) is 11.2 Å². The minimum Gasteiger partial charge on any atom is -0.454 e. The molecule has 0 N–H and O–H groups in total. The molecular weight excluding hydrogens is 1010 g/mol. The maximum atomic E-state index is 7.13. The van der Waals surface area contributed by atoms with Crippen molar-refractivity contribution in [2.24, 2.45) is 0 Å². The molecule has 15 aromatic rings. The number of nitrogens with zero attached hydrogens (tertiary/aromatic N) is 2. The molecule has 0 bridgehead atoms. The fourth-order valence-electron chi connectivity index (χ4n) is 14.7. The normalized spacial score (nSPS) is 13.2. The van der Waals surface area contributed by atoms with Gasteiger partial charge in [-0.2, -0.15) is 0 Å². The number of anilines is 6. The van der Waals surface area contributed by atoms with Gasteiger partial charge in [-0.3, -0.25) is 0 Å². The molecule has 2 aromatic heterocycles. The first kappa shape index (κ1) is 46.9. The van der Waals surface area contributed by atoms with Crippen LogP contribution in [-0.2, 0) is 5.41 Å². The molecule has 2 aliphatic rings. The Labute approximate surface area is 476 Å². The van der Waals surface area contributed by atoms with Gasteiger partial charge in [0.05, 0.1) is 24.9 Å². The van der Waals surface area contributed by atoms with E-state index in [-0.39, 0.29) is 0 Å². The highest BCUT2D eigenvalue weighted by Crippen LogP contribution is 2.67. The van der Waals surface area contributed by atoms with Gasteiger partial charge < -0.3 is 18.6 Å². The number of hydrogen-bond donors (Lipinski definition) is 0. The summed E-state index contributed by atoms with van der Waals surface area (Å²) in [6.45, 7) is 9.33. The molecule has 0 radical (unpaired) electrons. The van der Waals surface area contributed by atoms with Crippen LogP contribution in [0.4, 0.5) is 34.1 Å². The van der Waals surface area contributed by atoms with Gasteiger partial charge in [0.15, 0.2) is 11.2 Å². The van der Waals surface area contributed by atoms with Crippen LogP contribution in [0, 0.1) is 6.92 Å². The Morgan fingerprint density at radius 2 is 0.829 bits per heavy atom. The van der Waals surface area contributed by atoms with E-state index in [1.54, 1.807) is 0 Å². The van der Waals surface area contributed by atoms with Crippen molar-refractivity contribution < 1.29 is 8.83 Å². The fourth-order valence-corrected chi connectivity index (χ4v) is 16.1. The van der Waals surface area contributed by atoms with E-state index in [2.05, 4.69) is 291 Å². The van der Waals surface area contributed by atoms with Crippen molar-refractivity contribution in [1.82, 2.24) is 0 Å². The third-order valence-electron chi connectivity index (χ3n) is 18.0. The van der Waals surface area contributed by atoms with E-state index >= 15 is 0 Å². The number of aryl methyl sites for hydroxylation is 1. The average Bonchev–Trinajstić information content (AvgIpc) is 1.96. The predicted octanol–water partition coefficient (Wildman–Crippen LogP) is 21.1. The summed E-state index contributed by atoms with van der Waals surface area (Å²) < 4.78 is 14.1. The minimum atomic E-state index is -1.75. The third kappa shape index (κ3) is 6.42. The molecule has 0 aliphatic heterocycles. The molecule has 2 aliphatic carbocycles. The summed E-state index contributed by atoms with van der Waals surface area (Å²) >= 11 is 0. The summed E-state index contributed by atoms with van der Waals surface area (Å²) in [5, 5.41) is 13.2. The van der Waals surface area contributed by atoms with E-state index in [0.717, 1.165) is 78.2 Å². The number of para-hydroxylation sites is 6. The maximum Gasteiger partial charge on any atom is 0.159 e. The first-order valence-corrected chi connectivity index (χ1v) is 32.1. The van der Waals surface area contributed by atoms with Crippen molar-refractivity contribution in [3.63, 3.8) is 0 Å². The van der Waals surface area contributed by atoms with Crippen molar-refractivity contribution in [2.45, 2.75) is 32.0 Å². The van der Waals surface area contributed by atoms with Crippen LogP contribution in [0.15, 0.2) is 264 Å². The van der Waals surface area contributed by atoms with Gasteiger partial charge in [0, 0.05) is 44.3 Å². The molecule has 0 atom stereocenters. The van der Waals surface area contributed by atoms with E-state index in [1.165, 1.54) is 87.4 Å². The lowest BCUT2D eigenvalue weighted by molar-refractivity contribution is 0.666. The molecule has 5 heteroatoms. The zero-order valence-corrected chi connectivity index (χ0v) is 47.0. The molecular formula is C77H54N2O2Si. The summed E-state index contributed by atoms with van der Waals surface area (Å²) in [7, 11) is -1.75. The number of benzene rings is 13. The summed E-state index contributed by atoms with van der Waals surface area (Å²) in [6.07, 6.45) is 0. The number of furan rings is 2. The van der Waals surface area contributed by atoms with Crippen LogP contribution >= 0.6 is 0 Å². The smallest absolute Gasteiger partial charge is 0.159 e. The topological polar surface area (TPSA) is 32.8 Å². The average molecular weight is 1070 g/mol. The molecule has 82 heavy (non-hydrogen) atoms. The molecule has 2 heterocycles. The summed E-state index contributed by atoms with van der Waals surface area (Å²) in [6, 6.07) is 94.6. The Morgan fingerprint density at radius 3 is 1.46 bits per heavy atom. The monoisotopic (exact) mass is 1070 g/mol. The van der Waals surface area contributed by atoms with Crippen molar-refractivity contribution in [3.05, 3.63) is 283 Å². The zero-order chi connectivity index (χ0) is 54.6. The first-order chi connectivity index (χ1) is 40.3. The largest absolute Gasteiger partial charge is 0.454 e. The summed E-state index contributed by atoms with van der Waals surface area (Å²) in [5.41, 5.74) is 20.8. The van der Waals surface area contributed by atoms with Gasteiger partial charge in [-0.05, 0) is 155 Å². The van der Waals surface area contributed by atoms with Crippen LogP contribution in [-0.4, -0.2) is 8.07 Å². The van der Waals surface area contributed by atoms with Crippen LogP contribution < -0.4 is 15.0 Å². The van der Waals surface area contributed by atoms with Gasteiger partial charge in [0.25, 0.3) is 0 Å². The van der Waals surface area contributed by atoms with E-state index in [0.29, 0.717) is 0 Å². The van der Waals surface area contributed by atoms with Gasteiger partial charge in [-0.1, -0.05) is 214 Å². The van der Waals surface area contributed by atoms with E-state index < -0.39 is 13.5 Å². The number of hydrogen-bond acceptors (Lipinski definition) is 4. The molecule has 0 unspecified atom stereocenters. The third-order valence-corrected chi connectivity index (χ3v) is 20.0. The van der Waals surface area contributed by atoms with Crippen LogP contribution in [0.2, 0.25) is 19.6 Å². The second-order valence-corrected chi connectivity index (χ2v) is 28.5. The van der Waals surface area contributed by atoms with Crippen LogP contribution in [0.5, 0.6) is 0 Å². The lowest BCUT2D eigenvalue weighted by Crippen LogP contribution is -2.37. The van der Waals surface area contributed by atoms with Gasteiger partial charge in [-0.25, -0.2) is 0 Å². The van der Waals surface area contributed by atoms with E-state index in [1.807, 2.05) is 0 Å². The molecule has 4 nitrogen and oxygen atoms in total.